The number of benzene rings is 2. The Hall–Kier alpha value is -4.92. The number of halogens is 1. The van der Waals surface area contributed by atoms with Crippen molar-refractivity contribution in [2.75, 3.05) is 0 Å². The molecule has 46 heavy (non-hydrogen) atoms. The van der Waals surface area contributed by atoms with Crippen molar-refractivity contribution < 1.29 is 9.18 Å². The van der Waals surface area contributed by atoms with Crippen LogP contribution in [0.15, 0.2) is 67.1 Å². The molecule has 1 amide bonds. The highest BCUT2D eigenvalue weighted by atomic mass is 19.1. The fourth-order valence-corrected chi connectivity index (χ4v) is 7.62. The number of carbonyl (C=O) groups excluding carboxylic acids is 1. The lowest BCUT2D eigenvalue weighted by Crippen LogP contribution is -2.52. The number of hydrogen-bond donors (Lipinski definition) is 1. The first-order valence-electron chi connectivity index (χ1n) is 16.1. The zero-order valence-corrected chi connectivity index (χ0v) is 26.3. The van der Waals surface area contributed by atoms with E-state index in [0.717, 1.165) is 88.2 Å². The van der Waals surface area contributed by atoms with Crippen molar-refractivity contribution >= 4 is 27.8 Å². The fraction of sp³-hybridized carbons (Fsp3) is 0.324. The molecule has 2 saturated carbocycles. The van der Waals surface area contributed by atoms with E-state index < -0.39 is 5.54 Å². The molecule has 2 aromatic carbocycles. The molecule has 0 saturated heterocycles. The third-order valence-electron chi connectivity index (χ3n) is 10.2. The van der Waals surface area contributed by atoms with Crippen LogP contribution >= 0.6 is 0 Å². The second-order valence-corrected chi connectivity index (χ2v) is 13.0. The summed E-state index contributed by atoms with van der Waals surface area (Å²) in [5.74, 6) is 1.56. The lowest BCUT2D eigenvalue weighted by molar-refractivity contribution is 0.0805. The highest BCUT2D eigenvalue weighted by molar-refractivity contribution is 6.01. The number of carbonyl (C=O) groups is 1. The second kappa shape index (κ2) is 10.9. The number of amides is 1. The summed E-state index contributed by atoms with van der Waals surface area (Å²) in [6.07, 6.45) is 12.3. The Labute approximate surface area is 266 Å². The van der Waals surface area contributed by atoms with Crippen LogP contribution in [0.5, 0.6) is 0 Å². The molecule has 0 spiro atoms. The summed E-state index contributed by atoms with van der Waals surface area (Å²) in [5, 5.41) is 4.54. The number of fused-ring (bicyclic) bond motifs is 2. The molecular formula is C37H36FN7O. The van der Waals surface area contributed by atoms with E-state index in [0.29, 0.717) is 11.5 Å². The molecule has 1 N–H and O–H groups in total. The lowest BCUT2D eigenvalue weighted by atomic mass is 9.75. The molecule has 8 nitrogen and oxygen atoms in total. The molecular weight excluding hydrogens is 577 g/mol. The summed E-state index contributed by atoms with van der Waals surface area (Å²) >= 11 is 0. The number of imidazole rings is 1. The number of hydrogen-bond acceptors (Lipinski definition) is 5. The molecule has 0 aliphatic heterocycles. The third-order valence-corrected chi connectivity index (χ3v) is 10.2. The van der Waals surface area contributed by atoms with Gasteiger partial charge in [-0.3, -0.25) is 9.78 Å². The quantitative estimate of drug-likeness (QED) is 0.210. The molecule has 2 fully saturated rings. The molecule has 2 aliphatic rings. The summed E-state index contributed by atoms with van der Waals surface area (Å²) in [6.45, 7) is 1.88. The summed E-state index contributed by atoms with van der Waals surface area (Å²) in [5.41, 5.74) is 7.93. The summed E-state index contributed by atoms with van der Waals surface area (Å²) in [6, 6.07) is 15.4. The van der Waals surface area contributed by atoms with Gasteiger partial charge in [0.25, 0.3) is 5.91 Å². The van der Waals surface area contributed by atoms with Gasteiger partial charge < -0.3 is 14.5 Å². The Morgan fingerprint density at radius 2 is 1.65 bits per heavy atom. The Morgan fingerprint density at radius 1 is 0.870 bits per heavy atom. The van der Waals surface area contributed by atoms with Gasteiger partial charge >= 0.3 is 0 Å². The average molecular weight is 614 g/mol. The van der Waals surface area contributed by atoms with Crippen LogP contribution in [0, 0.1) is 12.7 Å². The van der Waals surface area contributed by atoms with E-state index in [1.807, 2.05) is 57.7 Å². The molecule has 0 atom stereocenters. The van der Waals surface area contributed by atoms with Crippen molar-refractivity contribution in [1.82, 2.24) is 34.4 Å². The zero-order chi connectivity index (χ0) is 31.6. The Bertz CT molecular complexity index is 2120. The minimum Gasteiger partial charge on any atom is -0.342 e. The maximum absolute atomic E-state index is 14.0. The van der Waals surface area contributed by atoms with Crippen LogP contribution < -0.4 is 5.32 Å². The highest BCUT2D eigenvalue weighted by Gasteiger charge is 2.44. The van der Waals surface area contributed by atoms with Crippen LogP contribution in [0.2, 0.25) is 0 Å². The van der Waals surface area contributed by atoms with E-state index >= 15 is 0 Å². The van der Waals surface area contributed by atoms with Crippen molar-refractivity contribution in [2.24, 2.45) is 14.1 Å². The van der Waals surface area contributed by atoms with E-state index in [2.05, 4.69) is 41.5 Å². The molecule has 4 heterocycles. The average Bonchev–Trinajstić information content (AvgIpc) is 3.77. The number of nitrogens with one attached hydrogen (secondary N) is 1. The maximum atomic E-state index is 14.0. The van der Waals surface area contributed by atoms with Crippen molar-refractivity contribution in [3.8, 4) is 22.5 Å². The molecule has 8 rings (SSSR count). The van der Waals surface area contributed by atoms with Gasteiger partial charge in [-0.2, -0.15) is 0 Å². The highest BCUT2D eigenvalue weighted by Crippen LogP contribution is 2.45. The Morgan fingerprint density at radius 3 is 2.35 bits per heavy atom. The Balaban J connectivity index is 1.15. The van der Waals surface area contributed by atoms with Crippen LogP contribution in [0.3, 0.4) is 0 Å². The smallest absolute Gasteiger partial charge is 0.252 e. The summed E-state index contributed by atoms with van der Waals surface area (Å²) in [7, 11) is 4.05. The molecule has 232 valence electrons. The van der Waals surface area contributed by atoms with Gasteiger partial charge in [-0.1, -0.05) is 25.0 Å². The monoisotopic (exact) mass is 613 g/mol. The van der Waals surface area contributed by atoms with Gasteiger partial charge in [0.2, 0.25) is 0 Å². The van der Waals surface area contributed by atoms with Crippen LogP contribution in [0.1, 0.15) is 78.4 Å². The third kappa shape index (κ3) is 4.59. The van der Waals surface area contributed by atoms with Crippen LogP contribution in [0.4, 0.5) is 4.39 Å². The van der Waals surface area contributed by atoms with Crippen molar-refractivity contribution in [2.45, 2.75) is 63.3 Å². The van der Waals surface area contributed by atoms with E-state index in [4.69, 9.17) is 4.98 Å². The molecule has 9 heteroatoms. The topological polar surface area (TPSA) is 90.5 Å². The van der Waals surface area contributed by atoms with E-state index in [-0.39, 0.29) is 11.7 Å². The second-order valence-electron chi connectivity index (χ2n) is 13.0. The number of pyridine rings is 1. The van der Waals surface area contributed by atoms with Crippen LogP contribution in [0.25, 0.3) is 44.5 Å². The first kappa shape index (κ1) is 28.5. The van der Waals surface area contributed by atoms with Gasteiger partial charge in [0.15, 0.2) is 0 Å². The molecule has 0 bridgehead atoms. The first-order valence-corrected chi connectivity index (χ1v) is 16.1. The van der Waals surface area contributed by atoms with Crippen molar-refractivity contribution in [3.63, 3.8) is 0 Å². The van der Waals surface area contributed by atoms with Crippen molar-refractivity contribution in [3.05, 3.63) is 95.7 Å². The predicted octanol–water partition coefficient (Wildman–Crippen LogP) is 7.50. The molecule has 4 aromatic heterocycles. The number of aryl methyl sites for hydroxylation is 3. The zero-order valence-electron chi connectivity index (χ0n) is 26.3. The predicted molar refractivity (Wildman–Crippen MR) is 177 cm³/mol. The lowest BCUT2D eigenvalue weighted by Gasteiger charge is -2.41. The molecule has 2 aliphatic carbocycles. The largest absolute Gasteiger partial charge is 0.342 e. The van der Waals surface area contributed by atoms with E-state index in [1.165, 1.54) is 30.7 Å². The van der Waals surface area contributed by atoms with E-state index in [9.17, 15) is 9.18 Å². The van der Waals surface area contributed by atoms with Gasteiger partial charge in [0.1, 0.15) is 17.5 Å². The standard InChI is InChI=1S/C37H36FN7O/c1-22-39-19-26(20-40-22)24-10-13-29-32(17-24)45(3)36(42-29)37(15-6-16-37)43-35(46)25-9-12-28-31(18-25)44(2)34(30-14-11-27(38)21-41-30)33(28)23-7-4-5-8-23/h9-14,17-21,23H,4-8,15-16H2,1-3H3,(H,43,46). The number of rotatable bonds is 6. The molecule has 0 radical (unpaired) electrons. The van der Waals surface area contributed by atoms with Gasteiger partial charge in [-0.15, -0.1) is 0 Å². The number of nitrogens with zero attached hydrogens (tertiary/aromatic N) is 6. The fourth-order valence-electron chi connectivity index (χ4n) is 7.62. The van der Waals surface area contributed by atoms with Gasteiger partial charge in [-0.25, -0.2) is 19.3 Å². The van der Waals surface area contributed by atoms with Crippen LogP contribution in [-0.2, 0) is 19.6 Å². The van der Waals surface area contributed by atoms with Gasteiger partial charge in [0, 0.05) is 48.5 Å². The molecule has 6 aromatic rings. The SMILES string of the molecule is Cc1ncc(-c2ccc3nc(C4(NC(=O)c5ccc6c(C7CCCC7)c(-c7ccc(F)cn7)n(C)c6c5)CCC4)n(C)c3c2)cn1. The van der Waals surface area contributed by atoms with Gasteiger partial charge in [0.05, 0.1) is 34.2 Å². The molecule has 0 unspecified atom stereocenters. The normalized spacial score (nSPS) is 16.3. The number of aromatic nitrogens is 6. The minimum atomic E-state index is -0.542. The summed E-state index contributed by atoms with van der Waals surface area (Å²) in [4.78, 5) is 32.2. The summed E-state index contributed by atoms with van der Waals surface area (Å²) < 4.78 is 18.0. The van der Waals surface area contributed by atoms with E-state index in [1.54, 1.807) is 6.07 Å². The maximum Gasteiger partial charge on any atom is 0.252 e. The van der Waals surface area contributed by atoms with Crippen molar-refractivity contribution in [1.29, 1.82) is 0 Å². The van der Waals surface area contributed by atoms with Gasteiger partial charge in [-0.05, 0) is 92.5 Å². The Kier molecular flexibility index (Phi) is 6.74. The minimum absolute atomic E-state index is 0.115. The van der Waals surface area contributed by atoms with Crippen LogP contribution in [-0.4, -0.2) is 35.0 Å². The first-order chi connectivity index (χ1) is 22.3.